The molecule has 3 aromatic rings. The van der Waals surface area contributed by atoms with Crippen molar-refractivity contribution in [2.24, 2.45) is 0 Å². The van der Waals surface area contributed by atoms with Crippen molar-refractivity contribution in [3.8, 4) is 0 Å². The van der Waals surface area contributed by atoms with E-state index in [0.717, 1.165) is 11.0 Å². The Bertz CT molecular complexity index is 631. The molecule has 0 saturated carbocycles. The molecule has 0 saturated heterocycles. The molecule has 1 aromatic carbocycles. The van der Waals surface area contributed by atoms with Crippen molar-refractivity contribution in [2.45, 2.75) is 13.8 Å². The summed E-state index contributed by atoms with van der Waals surface area (Å²) in [7, 11) is 0. The first-order valence-corrected chi connectivity index (χ1v) is 5.37. The number of aryl methyl sites for hydroxylation is 2. The fraction of sp³-hybridized carbons (Fsp3) is 0.143. The molecule has 0 aliphatic carbocycles. The van der Waals surface area contributed by atoms with E-state index in [1.165, 1.54) is 21.9 Å². The van der Waals surface area contributed by atoms with Gasteiger partial charge in [0.1, 0.15) is 0 Å². The third-order valence-electron chi connectivity index (χ3n) is 3.21. The van der Waals surface area contributed by atoms with Crippen LogP contribution in [0.1, 0.15) is 11.1 Å². The quantitative estimate of drug-likeness (QED) is 0.451. The molecule has 2 heterocycles. The molecule has 2 aromatic heterocycles. The maximum Gasteiger partial charge on any atom is 0.0967 e. The summed E-state index contributed by atoms with van der Waals surface area (Å²) in [6.45, 7) is 4.29. The van der Waals surface area contributed by atoms with Gasteiger partial charge in [-0.15, -0.1) is 0 Å². The van der Waals surface area contributed by atoms with Gasteiger partial charge in [-0.25, -0.2) is 0 Å². The Morgan fingerprint density at radius 2 is 1.18 bits per heavy atom. The maximum atomic E-state index is 4.45. The molecule has 79 valence electrons. The third-order valence-corrected chi connectivity index (χ3v) is 3.21. The van der Waals surface area contributed by atoms with Crippen molar-refractivity contribution in [1.29, 1.82) is 0 Å². The Hall–Kier alpha value is -0.324. The Morgan fingerprint density at radius 1 is 0.765 bits per heavy atom. The van der Waals surface area contributed by atoms with Crippen LogP contribution in [-0.4, -0.2) is 61.4 Å². The van der Waals surface area contributed by atoms with Crippen LogP contribution in [-0.2, 0) is 0 Å². The molecule has 0 amide bonds. The first-order chi connectivity index (χ1) is 7.79. The first kappa shape index (κ1) is 13.1. The Labute approximate surface area is 143 Å². The number of hydrogen-bond donors (Lipinski definition) is 0. The molecule has 0 fully saturated rings. The van der Waals surface area contributed by atoms with Crippen molar-refractivity contribution < 1.29 is 0 Å². The minimum Gasteiger partial charge on any atom is -0.254 e. The predicted octanol–water partition coefficient (Wildman–Crippen LogP) is 3.02. The van der Waals surface area contributed by atoms with E-state index in [2.05, 4.69) is 35.9 Å². The average molecular weight is 247 g/mol. The zero-order valence-corrected chi connectivity index (χ0v) is 13.5. The Morgan fingerprint density at radius 3 is 1.59 bits per heavy atom. The van der Waals surface area contributed by atoms with Crippen molar-refractivity contribution in [2.75, 3.05) is 0 Å². The summed E-state index contributed by atoms with van der Waals surface area (Å²) in [5.74, 6) is 0. The molecule has 17 heavy (non-hydrogen) atoms. The van der Waals surface area contributed by atoms with Crippen LogP contribution in [0, 0.1) is 13.8 Å². The summed E-state index contributed by atoms with van der Waals surface area (Å²) in [4.78, 5) is 8.90. The van der Waals surface area contributed by atoms with Gasteiger partial charge in [-0.05, 0) is 37.1 Å². The third kappa shape index (κ3) is 2.07. The summed E-state index contributed by atoms with van der Waals surface area (Å²) in [6.07, 6.45) is 3.65. The van der Waals surface area contributed by atoms with Gasteiger partial charge in [-0.1, -0.05) is 12.1 Å². The fourth-order valence-corrected chi connectivity index (χ4v) is 2.20. The van der Waals surface area contributed by atoms with E-state index in [9.17, 15) is 0 Å². The molecule has 0 N–H and O–H groups in total. The Balaban J connectivity index is 0.00000108. The van der Waals surface area contributed by atoms with Crippen LogP contribution >= 0.6 is 0 Å². The standard InChI is InChI=1S/C14H12N2.K/c1-9-10(2)12-6-4-8-16-14(12)13-11(9)5-3-7-15-13;/h3-8H,1-2H3;. The number of rotatable bonds is 0. The van der Waals surface area contributed by atoms with Gasteiger partial charge in [0.25, 0.3) is 0 Å². The maximum absolute atomic E-state index is 4.45. The summed E-state index contributed by atoms with van der Waals surface area (Å²) in [5.41, 5.74) is 4.59. The van der Waals surface area contributed by atoms with Crippen LogP contribution < -0.4 is 0 Å². The van der Waals surface area contributed by atoms with Gasteiger partial charge in [0.2, 0.25) is 0 Å². The molecule has 0 unspecified atom stereocenters. The number of aromatic nitrogens is 2. The summed E-state index contributed by atoms with van der Waals surface area (Å²) >= 11 is 0. The second-order valence-corrected chi connectivity index (χ2v) is 4.05. The molecule has 3 heteroatoms. The number of benzene rings is 1. The molecular weight excluding hydrogens is 235 g/mol. The monoisotopic (exact) mass is 247 g/mol. The van der Waals surface area contributed by atoms with Crippen LogP contribution in [0.5, 0.6) is 0 Å². The smallest absolute Gasteiger partial charge is 0.0967 e. The van der Waals surface area contributed by atoms with E-state index >= 15 is 0 Å². The topological polar surface area (TPSA) is 25.8 Å². The Kier molecular flexibility index (Phi) is 3.95. The molecule has 0 bridgehead atoms. The van der Waals surface area contributed by atoms with Gasteiger partial charge >= 0.3 is 0 Å². The van der Waals surface area contributed by atoms with Crippen LogP contribution in [0.15, 0.2) is 36.7 Å². The van der Waals surface area contributed by atoms with Crippen molar-refractivity contribution >= 4 is 73.2 Å². The fourth-order valence-electron chi connectivity index (χ4n) is 2.20. The molecule has 0 aliphatic heterocycles. The van der Waals surface area contributed by atoms with Gasteiger partial charge in [-0.3, -0.25) is 9.97 Å². The number of nitrogens with zero attached hydrogens (tertiary/aromatic N) is 2. The molecular formula is C14H12KN2. The van der Waals surface area contributed by atoms with Gasteiger partial charge in [-0.2, -0.15) is 0 Å². The zero-order valence-electron chi connectivity index (χ0n) is 10.4. The van der Waals surface area contributed by atoms with E-state index < -0.39 is 0 Å². The number of fused-ring (bicyclic) bond motifs is 3. The summed E-state index contributed by atoms with van der Waals surface area (Å²) in [5, 5.41) is 2.40. The minimum absolute atomic E-state index is 0. The van der Waals surface area contributed by atoms with Crippen LogP contribution in [0.4, 0.5) is 0 Å². The molecule has 0 aliphatic rings. The van der Waals surface area contributed by atoms with Gasteiger partial charge < -0.3 is 0 Å². The molecule has 1 radical (unpaired) electrons. The van der Waals surface area contributed by atoms with Crippen LogP contribution in [0.25, 0.3) is 21.8 Å². The normalized spacial score (nSPS) is 10.5. The second kappa shape index (κ2) is 5.12. The van der Waals surface area contributed by atoms with Crippen molar-refractivity contribution in [1.82, 2.24) is 9.97 Å². The molecule has 2 nitrogen and oxygen atoms in total. The second-order valence-electron chi connectivity index (χ2n) is 4.05. The molecule has 3 rings (SSSR count). The first-order valence-electron chi connectivity index (χ1n) is 5.37. The number of pyridine rings is 2. The van der Waals surface area contributed by atoms with E-state index in [4.69, 9.17) is 0 Å². The molecule has 0 atom stereocenters. The van der Waals surface area contributed by atoms with Gasteiger partial charge in [0, 0.05) is 74.6 Å². The van der Waals surface area contributed by atoms with E-state index in [1.807, 2.05) is 24.5 Å². The van der Waals surface area contributed by atoms with Crippen molar-refractivity contribution in [3.05, 3.63) is 47.8 Å². The summed E-state index contributed by atoms with van der Waals surface area (Å²) in [6, 6.07) is 8.17. The molecule has 0 spiro atoms. The van der Waals surface area contributed by atoms with Crippen molar-refractivity contribution in [3.63, 3.8) is 0 Å². The van der Waals surface area contributed by atoms with Gasteiger partial charge in [0.15, 0.2) is 0 Å². The minimum atomic E-state index is 0. The van der Waals surface area contributed by atoms with Crippen LogP contribution in [0.2, 0.25) is 0 Å². The van der Waals surface area contributed by atoms with E-state index in [-0.39, 0.29) is 51.4 Å². The average Bonchev–Trinajstić information content (AvgIpc) is 2.36. The summed E-state index contributed by atoms with van der Waals surface area (Å²) < 4.78 is 0. The largest absolute Gasteiger partial charge is 0.254 e. The van der Waals surface area contributed by atoms with E-state index in [0.29, 0.717) is 0 Å². The SMILES string of the molecule is Cc1c(C)c2cccnc2c2ncccc12.[K]. The van der Waals surface area contributed by atoms with Gasteiger partial charge in [0.05, 0.1) is 11.0 Å². The van der Waals surface area contributed by atoms with Crippen LogP contribution in [0.3, 0.4) is 0 Å². The zero-order chi connectivity index (χ0) is 11.1. The predicted molar refractivity (Wildman–Crippen MR) is 72.3 cm³/mol. The van der Waals surface area contributed by atoms with E-state index in [1.54, 1.807) is 0 Å². The number of hydrogen-bond acceptors (Lipinski definition) is 2.